The van der Waals surface area contributed by atoms with Crippen LogP contribution >= 0.6 is 0 Å². The molecule has 314 valence electrons. The molecule has 2 heterocycles. The second kappa shape index (κ2) is 15.6. The Kier molecular flexibility index (Phi) is 9.46. The third-order valence-electron chi connectivity index (χ3n) is 12.7. The standard InChI is InChI=1S/C59H37F3N4/c1-36-10-8-12-39(28-36)41-19-25-56-49(31-41)46-14-4-6-16-53(46)65(56)55-24-18-38(35-63)30-48(55)51-33-43(45-23-22-44(59(60,61)62)34-52(45)64-3)21-27-58(51)66-54-17-7-5-15-47(54)50-32-42(20-26-57(50)66)40-13-9-11-37(2)29-40/h4-34H,1-2H3. The predicted molar refractivity (Wildman–Crippen MR) is 262 cm³/mol. The van der Waals surface area contributed by atoms with Gasteiger partial charge in [-0.05, 0) is 120 Å². The number of fused-ring (bicyclic) bond motifs is 6. The van der Waals surface area contributed by atoms with Crippen molar-refractivity contribution in [1.82, 2.24) is 9.13 Å². The zero-order chi connectivity index (χ0) is 45.3. The van der Waals surface area contributed by atoms with Gasteiger partial charge in [0.15, 0.2) is 5.69 Å². The van der Waals surface area contributed by atoms with Gasteiger partial charge in [-0.1, -0.05) is 126 Å². The van der Waals surface area contributed by atoms with Gasteiger partial charge in [0.05, 0.1) is 51.6 Å². The minimum Gasteiger partial charge on any atom is -0.309 e. The van der Waals surface area contributed by atoms with Crippen LogP contribution in [-0.4, -0.2) is 9.13 Å². The lowest BCUT2D eigenvalue weighted by atomic mass is 9.93. The van der Waals surface area contributed by atoms with E-state index in [0.717, 1.165) is 100 Å². The van der Waals surface area contributed by atoms with Crippen molar-refractivity contribution in [3.63, 3.8) is 0 Å². The molecule has 66 heavy (non-hydrogen) atoms. The molecule has 0 aliphatic rings. The van der Waals surface area contributed by atoms with Crippen LogP contribution in [0.5, 0.6) is 0 Å². The van der Waals surface area contributed by atoms with Crippen molar-refractivity contribution < 1.29 is 13.2 Å². The Labute approximate surface area is 379 Å². The molecule has 0 N–H and O–H groups in total. The van der Waals surface area contributed by atoms with Crippen LogP contribution in [0.4, 0.5) is 18.9 Å². The fraction of sp³-hybridized carbons (Fsp3) is 0.0508. The Balaban J connectivity index is 1.22. The zero-order valence-corrected chi connectivity index (χ0v) is 35.8. The summed E-state index contributed by atoms with van der Waals surface area (Å²) in [5.41, 5.74) is 14.0. The zero-order valence-electron chi connectivity index (χ0n) is 35.8. The molecule has 0 aliphatic heterocycles. The van der Waals surface area contributed by atoms with E-state index < -0.39 is 11.7 Å². The van der Waals surface area contributed by atoms with Crippen LogP contribution in [0.15, 0.2) is 188 Å². The normalized spacial score (nSPS) is 11.7. The minimum atomic E-state index is -4.61. The molecule has 0 saturated heterocycles. The van der Waals surface area contributed by atoms with E-state index in [0.29, 0.717) is 16.7 Å². The highest BCUT2D eigenvalue weighted by molar-refractivity contribution is 6.13. The average molecular weight is 859 g/mol. The number of rotatable bonds is 6. The molecule has 0 amide bonds. The third-order valence-corrected chi connectivity index (χ3v) is 12.7. The Bertz CT molecular complexity index is 3870. The second-order valence-electron chi connectivity index (χ2n) is 16.8. The van der Waals surface area contributed by atoms with Gasteiger partial charge in [-0.25, -0.2) is 4.85 Å². The summed E-state index contributed by atoms with van der Waals surface area (Å²) in [5.74, 6) is 0. The number of nitrogens with zero attached hydrogens (tertiary/aromatic N) is 4. The Morgan fingerprint density at radius 2 is 0.955 bits per heavy atom. The Morgan fingerprint density at radius 3 is 1.48 bits per heavy atom. The van der Waals surface area contributed by atoms with Gasteiger partial charge in [-0.2, -0.15) is 18.4 Å². The van der Waals surface area contributed by atoms with Crippen LogP contribution in [0.3, 0.4) is 0 Å². The van der Waals surface area contributed by atoms with Crippen molar-refractivity contribution in [2.75, 3.05) is 0 Å². The SMILES string of the molecule is [C-]#[N+]c1cc(C(F)(F)F)ccc1-c1ccc(-n2c3ccccc3c3cc(-c4cccc(C)c4)ccc32)c(-c2cc(C#N)ccc2-n2c3ccccc3c3cc(-c4cccc(C)c4)ccc32)c1. The molecular formula is C59H37F3N4. The van der Waals surface area contributed by atoms with E-state index in [1.54, 1.807) is 0 Å². The van der Waals surface area contributed by atoms with E-state index in [-0.39, 0.29) is 5.69 Å². The van der Waals surface area contributed by atoms with Crippen molar-refractivity contribution in [1.29, 1.82) is 5.26 Å². The summed E-state index contributed by atoms with van der Waals surface area (Å²) in [5, 5.41) is 14.7. The van der Waals surface area contributed by atoms with Gasteiger partial charge in [-0.3, -0.25) is 0 Å². The third kappa shape index (κ3) is 6.69. The van der Waals surface area contributed by atoms with E-state index in [1.165, 1.54) is 17.2 Å². The number of aromatic nitrogens is 2. The summed E-state index contributed by atoms with van der Waals surface area (Å²) < 4.78 is 46.4. The first-order valence-corrected chi connectivity index (χ1v) is 21.6. The molecule has 11 aromatic rings. The topological polar surface area (TPSA) is 38.0 Å². The van der Waals surface area contributed by atoms with Gasteiger partial charge < -0.3 is 9.13 Å². The highest BCUT2D eigenvalue weighted by atomic mass is 19.4. The van der Waals surface area contributed by atoms with Crippen LogP contribution in [0.2, 0.25) is 0 Å². The van der Waals surface area contributed by atoms with Crippen molar-refractivity contribution in [2.45, 2.75) is 20.0 Å². The number of alkyl halides is 3. The van der Waals surface area contributed by atoms with Gasteiger partial charge in [0.1, 0.15) is 0 Å². The smallest absolute Gasteiger partial charge is 0.309 e. The number of hydrogen-bond acceptors (Lipinski definition) is 1. The average Bonchev–Trinajstić information content (AvgIpc) is 3.85. The molecule has 4 nitrogen and oxygen atoms in total. The molecule has 0 aliphatic carbocycles. The maximum atomic E-state index is 14.0. The van der Waals surface area contributed by atoms with Gasteiger partial charge in [0.25, 0.3) is 0 Å². The number of para-hydroxylation sites is 2. The number of hydrogen-bond donors (Lipinski definition) is 0. The van der Waals surface area contributed by atoms with E-state index in [2.05, 4.69) is 143 Å². The van der Waals surface area contributed by atoms with Gasteiger partial charge in [0, 0.05) is 38.2 Å². The number of benzene rings is 9. The summed E-state index contributed by atoms with van der Waals surface area (Å²) in [6.45, 7) is 12.2. The van der Waals surface area contributed by atoms with Crippen molar-refractivity contribution in [3.8, 4) is 62.0 Å². The van der Waals surface area contributed by atoms with E-state index >= 15 is 0 Å². The Hall–Kier alpha value is -8.65. The van der Waals surface area contributed by atoms with Crippen LogP contribution < -0.4 is 0 Å². The number of nitriles is 1. The lowest BCUT2D eigenvalue weighted by Crippen LogP contribution is -2.04. The first-order chi connectivity index (χ1) is 32.1. The summed E-state index contributed by atoms with van der Waals surface area (Å²) in [7, 11) is 0. The molecule has 9 aromatic carbocycles. The summed E-state index contributed by atoms with van der Waals surface area (Å²) in [6.07, 6.45) is -4.61. The molecule has 2 aromatic heterocycles. The van der Waals surface area contributed by atoms with Crippen LogP contribution in [-0.2, 0) is 6.18 Å². The lowest BCUT2D eigenvalue weighted by molar-refractivity contribution is -0.137. The van der Waals surface area contributed by atoms with Crippen molar-refractivity contribution >= 4 is 49.3 Å². The molecule has 0 radical (unpaired) electrons. The monoisotopic (exact) mass is 858 g/mol. The molecule has 0 unspecified atom stereocenters. The summed E-state index contributed by atoms with van der Waals surface area (Å²) >= 11 is 0. The highest BCUT2D eigenvalue weighted by Crippen LogP contribution is 2.45. The molecule has 0 atom stereocenters. The van der Waals surface area contributed by atoms with Crippen molar-refractivity contribution in [2.24, 2.45) is 0 Å². The molecule has 7 heteroatoms. The molecule has 0 bridgehead atoms. The first-order valence-electron chi connectivity index (χ1n) is 21.6. The summed E-state index contributed by atoms with van der Waals surface area (Å²) in [4.78, 5) is 3.60. The summed E-state index contributed by atoms with van der Waals surface area (Å²) in [6, 6.07) is 63.7. The van der Waals surface area contributed by atoms with Gasteiger partial charge >= 0.3 is 6.18 Å². The molecule has 11 rings (SSSR count). The van der Waals surface area contributed by atoms with Crippen LogP contribution in [0.25, 0.3) is 104 Å². The predicted octanol–water partition coefficient (Wildman–Crippen LogP) is 16.6. The fourth-order valence-electron chi connectivity index (χ4n) is 9.65. The highest BCUT2D eigenvalue weighted by Gasteiger charge is 2.31. The maximum absolute atomic E-state index is 14.0. The van der Waals surface area contributed by atoms with E-state index in [1.807, 2.05) is 60.7 Å². The molecule has 0 fully saturated rings. The number of halogens is 3. The lowest BCUT2D eigenvalue weighted by Gasteiger charge is -2.20. The van der Waals surface area contributed by atoms with Gasteiger partial charge in [0.2, 0.25) is 0 Å². The van der Waals surface area contributed by atoms with E-state index in [4.69, 9.17) is 6.57 Å². The maximum Gasteiger partial charge on any atom is 0.415 e. The largest absolute Gasteiger partial charge is 0.415 e. The Morgan fingerprint density at radius 1 is 0.455 bits per heavy atom. The minimum absolute atomic E-state index is 0.109. The van der Waals surface area contributed by atoms with Crippen LogP contribution in [0.1, 0.15) is 22.3 Å². The number of aryl methyl sites for hydroxylation is 2. The van der Waals surface area contributed by atoms with Crippen LogP contribution in [0, 0.1) is 31.8 Å². The second-order valence-corrected chi connectivity index (χ2v) is 16.8. The van der Waals surface area contributed by atoms with E-state index in [9.17, 15) is 18.4 Å². The first kappa shape index (κ1) is 40.1. The molecule has 0 saturated carbocycles. The quantitative estimate of drug-likeness (QED) is 0.154. The van der Waals surface area contributed by atoms with Gasteiger partial charge in [-0.15, -0.1) is 0 Å². The van der Waals surface area contributed by atoms with Crippen molar-refractivity contribution in [3.05, 3.63) is 222 Å². The molecular weight excluding hydrogens is 822 g/mol. The molecule has 0 spiro atoms. The fourth-order valence-corrected chi connectivity index (χ4v) is 9.65.